The normalized spacial score (nSPS) is 11.5. The summed E-state index contributed by atoms with van der Waals surface area (Å²) in [5, 5.41) is 11.7. The lowest BCUT2D eigenvalue weighted by Crippen LogP contribution is -2.08. The highest BCUT2D eigenvalue weighted by molar-refractivity contribution is 5.80. The predicted molar refractivity (Wildman–Crippen MR) is 95.7 cm³/mol. The fraction of sp³-hybridized carbons (Fsp3) is 0. The quantitative estimate of drug-likeness (QED) is 0.446. The van der Waals surface area contributed by atoms with E-state index in [0.29, 0.717) is 5.56 Å². The lowest BCUT2D eigenvalue weighted by Gasteiger charge is -1.98. The number of rotatable bonds is 4. The maximum atomic E-state index is 12.0. The van der Waals surface area contributed by atoms with Crippen LogP contribution >= 0.6 is 0 Å². The third-order valence-corrected chi connectivity index (χ3v) is 3.54. The summed E-state index contributed by atoms with van der Waals surface area (Å²) in [7, 11) is 0. The number of hydrogen-bond acceptors (Lipinski definition) is 3. The van der Waals surface area contributed by atoms with E-state index in [-0.39, 0.29) is 11.2 Å². The molecule has 24 heavy (non-hydrogen) atoms. The van der Waals surface area contributed by atoms with Gasteiger partial charge in [0.05, 0.1) is 4.92 Å². The number of nitrogens with one attached hydrogen (secondary N) is 1. The van der Waals surface area contributed by atoms with Crippen molar-refractivity contribution >= 4 is 28.7 Å². The molecule has 0 aliphatic carbocycles. The Labute approximate surface area is 137 Å². The Kier molecular flexibility index (Phi) is 4.34. The minimum Gasteiger partial charge on any atom is -0.321 e. The summed E-state index contributed by atoms with van der Waals surface area (Å²) in [6.07, 6.45) is 6.93. The molecule has 3 rings (SSSR count). The number of benzene rings is 2. The molecule has 0 aliphatic heterocycles. The molecule has 0 saturated heterocycles. The lowest BCUT2D eigenvalue weighted by atomic mass is 10.1. The van der Waals surface area contributed by atoms with E-state index in [2.05, 4.69) is 4.98 Å². The highest BCUT2D eigenvalue weighted by atomic mass is 16.6. The van der Waals surface area contributed by atoms with E-state index in [9.17, 15) is 14.9 Å². The molecular formula is C19H14N2O3. The van der Waals surface area contributed by atoms with Crippen LogP contribution in [0.1, 0.15) is 11.1 Å². The standard InChI is InChI=1S/C19H14N2O3/c22-19-16(13-15-8-3-4-11-18(15)20-19)9-2-1-6-14-7-5-10-17(12-14)21(23)24/h1-13H,(H,20,22)/b6-1+,9-2+. The molecule has 1 N–H and O–H groups in total. The van der Waals surface area contributed by atoms with Crippen molar-refractivity contribution < 1.29 is 4.92 Å². The van der Waals surface area contributed by atoms with Crippen LogP contribution in [0.25, 0.3) is 23.1 Å². The zero-order valence-corrected chi connectivity index (χ0v) is 12.7. The topological polar surface area (TPSA) is 76.0 Å². The molecular weight excluding hydrogens is 304 g/mol. The first kappa shape index (κ1) is 15.4. The van der Waals surface area contributed by atoms with Crippen LogP contribution in [0.2, 0.25) is 0 Å². The average molecular weight is 318 g/mol. The van der Waals surface area contributed by atoms with Gasteiger partial charge >= 0.3 is 0 Å². The third kappa shape index (κ3) is 3.47. The van der Waals surface area contributed by atoms with Gasteiger partial charge < -0.3 is 4.98 Å². The third-order valence-electron chi connectivity index (χ3n) is 3.54. The second-order valence-electron chi connectivity index (χ2n) is 5.21. The van der Waals surface area contributed by atoms with Gasteiger partial charge in [-0.15, -0.1) is 0 Å². The van der Waals surface area contributed by atoms with E-state index in [1.54, 1.807) is 36.4 Å². The molecule has 1 heterocycles. The van der Waals surface area contributed by atoms with Gasteiger partial charge in [0.2, 0.25) is 0 Å². The molecule has 0 radical (unpaired) electrons. The largest absolute Gasteiger partial charge is 0.321 e. The van der Waals surface area contributed by atoms with Gasteiger partial charge in [0.1, 0.15) is 0 Å². The molecule has 0 amide bonds. The molecule has 0 unspecified atom stereocenters. The Morgan fingerprint density at radius 2 is 1.75 bits per heavy atom. The number of aromatic nitrogens is 1. The van der Waals surface area contributed by atoms with Crippen molar-refractivity contribution in [3.63, 3.8) is 0 Å². The van der Waals surface area contributed by atoms with Crippen molar-refractivity contribution in [2.45, 2.75) is 0 Å². The van der Waals surface area contributed by atoms with E-state index in [1.165, 1.54) is 12.1 Å². The molecule has 0 aliphatic rings. The number of H-pyrrole nitrogens is 1. The Hall–Kier alpha value is -3.47. The molecule has 3 aromatic rings. The number of aromatic amines is 1. The van der Waals surface area contributed by atoms with Crippen LogP contribution in [-0.2, 0) is 0 Å². The number of pyridine rings is 1. The van der Waals surface area contributed by atoms with Crippen LogP contribution in [0.4, 0.5) is 5.69 Å². The molecule has 2 aromatic carbocycles. The Morgan fingerprint density at radius 1 is 0.958 bits per heavy atom. The number of fused-ring (bicyclic) bond motifs is 1. The summed E-state index contributed by atoms with van der Waals surface area (Å²) in [6.45, 7) is 0. The first-order chi connectivity index (χ1) is 11.6. The van der Waals surface area contributed by atoms with Gasteiger partial charge in [-0.3, -0.25) is 14.9 Å². The minimum absolute atomic E-state index is 0.0482. The molecule has 118 valence electrons. The second-order valence-corrected chi connectivity index (χ2v) is 5.21. The molecule has 1 aromatic heterocycles. The molecule has 0 atom stereocenters. The van der Waals surface area contributed by atoms with Crippen LogP contribution in [0.3, 0.4) is 0 Å². The SMILES string of the molecule is O=c1[nH]c2ccccc2cc1/C=C/C=C/c1cccc([N+](=O)[O-])c1. The van der Waals surface area contributed by atoms with Gasteiger partial charge in [-0.05, 0) is 29.2 Å². The molecule has 0 fully saturated rings. The van der Waals surface area contributed by atoms with E-state index < -0.39 is 4.92 Å². The van der Waals surface area contributed by atoms with Crippen molar-refractivity contribution in [3.05, 3.63) is 98.3 Å². The number of non-ortho nitro benzene ring substituents is 1. The number of nitro groups is 1. The van der Waals surface area contributed by atoms with Crippen LogP contribution in [-0.4, -0.2) is 9.91 Å². The summed E-state index contributed by atoms with van der Waals surface area (Å²) >= 11 is 0. The second kappa shape index (κ2) is 6.75. The van der Waals surface area contributed by atoms with Crippen LogP contribution in [0.15, 0.2) is 71.5 Å². The van der Waals surface area contributed by atoms with Gasteiger partial charge in [0.25, 0.3) is 11.2 Å². The monoisotopic (exact) mass is 318 g/mol. The Morgan fingerprint density at radius 3 is 2.58 bits per heavy atom. The number of allylic oxidation sites excluding steroid dienone is 2. The van der Waals surface area contributed by atoms with Crippen molar-refractivity contribution in [3.8, 4) is 0 Å². The van der Waals surface area contributed by atoms with Crippen molar-refractivity contribution in [2.75, 3.05) is 0 Å². The van der Waals surface area contributed by atoms with Crippen LogP contribution in [0.5, 0.6) is 0 Å². The van der Waals surface area contributed by atoms with E-state index >= 15 is 0 Å². The molecule has 0 spiro atoms. The smallest absolute Gasteiger partial charge is 0.270 e. The summed E-state index contributed by atoms with van der Waals surface area (Å²) in [5.41, 5.74) is 1.96. The molecule has 0 bridgehead atoms. The van der Waals surface area contributed by atoms with E-state index in [0.717, 1.165) is 16.5 Å². The number of nitrogens with zero attached hydrogens (tertiary/aromatic N) is 1. The highest BCUT2D eigenvalue weighted by Crippen LogP contribution is 2.14. The fourth-order valence-corrected chi connectivity index (χ4v) is 2.36. The number of para-hydroxylation sites is 1. The van der Waals surface area contributed by atoms with Gasteiger partial charge in [-0.25, -0.2) is 0 Å². The summed E-state index contributed by atoms with van der Waals surface area (Å²) in [6, 6.07) is 15.7. The van der Waals surface area contributed by atoms with Crippen LogP contribution in [0, 0.1) is 10.1 Å². The van der Waals surface area contributed by atoms with Gasteiger partial charge in [-0.1, -0.05) is 48.6 Å². The Bertz CT molecular complexity index is 1020. The van der Waals surface area contributed by atoms with Crippen molar-refractivity contribution in [1.29, 1.82) is 0 Å². The fourth-order valence-electron chi connectivity index (χ4n) is 2.36. The van der Waals surface area contributed by atoms with Gasteiger partial charge in [-0.2, -0.15) is 0 Å². The van der Waals surface area contributed by atoms with E-state index in [1.807, 2.05) is 30.3 Å². The van der Waals surface area contributed by atoms with Crippen molar-refractivity contribution in [1.82, 2.24) is 4.98 Å². The van der Waals surface area contributed by atoms with Crippen molar-refractivity contribution in [2.24, 2.45) is 0 Å². The minimum atomic E-state index is -0.429. The summed E-state index contributed by atoms with van der Waals surface area (Å²) < 4.78 is 0. The average Bonchev–Trinajstić information content (AvgIpc) is 2.59. The summed E-state index contributed by atoms with van der Waals surface area (Å²) in [5.74, 6) is 0. The molecule has 5 nitrogen and oxygen atoms in total. The van der Waals surface area contributed by atoms with Crippen LogP contribution < -0.4 is 5.56 Å². The highest BCUT2D eigenvalue weighted by Gasteiger charge is 2.03. The Balaban J connectivity index is 1.81. The van der Waals surface area contributed by atoms with Gasteiger partial charge in [0.15, 0.2) is 0 Å². The number of nitro benzene ring substituents is 1. The maximum Gasteiger partial charge on any atom is 0.270 e. The van der Waals surface area contributed by atoms with E-state index in [4.69, 9.17) is 0 Å². The first-order valence-electron chi connectivity index (χ1n) is 7.35. The summed E-state index contributed by atoms with van der Waals surface area (Å²) in [4.78, 5) is 25.2. The maximum absolute atomic E-state index is 12.0. The van der Waals surface area contributed by atoms with Gasteiger partial charge in [0, 0.05) is 23.2 Å². The zero-order valence-electron chi connectivity index (χ0n) is 12.7. The lowest BCUT2D eigenvalue weighted by molar-refractivity contribution is -0.384. The molecule has 5 heteroatoms. The zero-order chi connectivity index (χ0) is 16.9. The first-order valence-corrected chi connectivity index (χ1v) is 7.35. The molecule has 0 saturated carbocycles. The predicted octanol–water partition coefficient (Wildman–Crippen LogP) is 4.16. The number of hydrogen-bond donors (Lipinski definition) is 1.